The maximum absolute atomic E-state index is 13.3. The van der Waals surface area contributed by atoms with Crippen molar-refractivity contribution in [3.05, 3.63) is 64.9 Å². The molecule has 162 valence electrons. The van der Waals surface area contributed by atoms with Crippen molar-refractivity contribution in [3.8, 4) is 17.2 Å². The summed E-state index contributed by atoms with van der Waals surface area (Å²) in [7, 11) is 3.23. The third-order valence-corrected chi connectivity index (χ3v) is 6.01. The van der Waals surface area contributed by atoms with E-state index in [0.29, 0.717) is 30.9 Å². The fourth-order valence-electron chi connectivity index (χ4n) is 4.59. The summed E-state index contributed by atoms with van der Waals surface area (Å²) in [6.07, 6.45) is 1.21. The standard InChI is InChI=1S/C25H27NO5/c1-4-31-17-7-5-15(6-8-17)20-14-24(28)26-21-11-16(12-22(27)25(20)21)19-13-18(29-2)9-10-23(19)30-3/h5-10,13,16,20H,4,11-12,14H2,1-3H3,(H,26,28)/t16-,20+/m1/s1. The monoisotopic (exact) mass is 421 g/mol. The summed E-state index contributed by atoms with van der Waals surface area (Å²) in [5, 5.41) is 2.97. The number of methoxy groups -OCH3 is 2. The molecule has 2 atom stereocenters. The number of carbonyl (C=O) groups excluding carboxylic acids is 2. The molecule has 1 amide bonds. The van der Waals surface area contributed by atoms with Gasteiger partial charge in [0.25, 0.3) is 0 Å². The Morgan fingerprint density at radius 3 is 2.35 bits per heavy atom. The van der Waals surface area contributed by atoms with E-state index in [4.69, 9.17) is 14.2 Å². The molecule has 0 unspecified atom stereocenters. The van der Waals surface area contributed by atoms with Gasteiger partial charge in [-0.25, -0.2) is 0 Å². The smallest absolute Gasteiger partial charge is 0.225 e. The van der Waals surface area contributed by atoms with Crippen molar-refractivity contribution in [3.63, 3.8) is 0 Å². The quantitative estimate of drug-likeness (QED) is 0.760. The van der Waals surface area contributed by atoms with E-state index >= 15 is 0 Å². The molecule has 0 aromatic heterocycles. The van der Waals surface area contributed by atoms with Gasteiger partial charge in [0, 0.05) is 41.5 Å². The van der Waals surface area contributed by atoms with Crippen LogP contribution in [-0.2, 0) is 9.59 Å². The van der Waals surface area contributed by atoms with Gasteiger partial charge in [-0.05, 0) is 49.2 Å². The maximum Gasteiger partial charge on any atom is 0.225 e. The van der Waals surface area contributed by atoms with Gasteiger partial charge in [0.05, 0.1) is 20.8 Å². The van der Waals surface area contributed by atoms with E-state index in [2.05, 4.69) is 5.32 Å². The van der Waals surface area contributed by atoms with Crippen molar-refractivity contribution < 1.29 is 23.8 Å². The van der Waals surface area contributed by atoms with Gasteiger partial charge in [-0.3, -0.25) is 9.59 Å². The third-order valence-electron chi connectivity index (χ3n) is 6.01. The Morgan fingerprint density at radius 2 is 1.68 bits per heavy atom. The van der Waals surface area contributed by atoms with Crippen LogP contribution in [0.5, 0.6) is 17.2 Å². The second kappa shape index (κ2) is 8.84. The molecule has 0 spiro atoms. The van der Waals surface area contributed by atoms with E-state index in [1.807, 2.05) is 49.4 Å². The lowest BCUT2D eigenvalue weighted by molar-refractivity contribution is -0.122. The second-order valence-electron chi connectivity index (χ2n) is 7.84. The van der Waals surface area contributed by atoms with Crippen LogP contribution in [0.3, 0.4) is 0 Å². The summed E-state index contributed by atoms with van der Waals surface area (Å²) in [5.41, 5.74) is 3.32. The van der Waals surface area contributed by atoms with Crippen LogP contribution in [0.25, 0.3) is 0 Å². The van der Waals surface area contributed by atoms with Gasteiger partial charge >= 0.3 is 0 Å². The minimum absolute atomic E-state index is 0.0648. The first-order valence-electron chi connectivity index (χ1n) is 10.5. The Hall–Kier alpha value is -3.28. The van der Waals surface area contributed by atoms with Crippen LogP contribution in [0.15, 0.2) is 53.7 Å². The van der Waals surface area contributed by atoms with Crippen molar-refractivity contribution in [1.82, 2.24) is 5.32 Å². The number of carbonyl (C=O) groups is 2. The van der Waals surface area contributed by atoms with Crippen LogP contribution in [0.4, 0.5) is 0 Å². The van der Waals surface area contributed by atoms with Crippen LogP contribution < -0.4 is 19.5 Å². The number of ketones is 1. The van der Waals surface area contributed by atoms with E-state index in [-0.39, 0.29) is 29.9 Å². The zero-order valence-electron chi connectivity index (χ0n) is 18.1. The summed E-state index contributed by atoms with van der Waals surface area (Å²) in [4.78, 5) is 25.8. The average molecular weight is 421 g/mol. The van der Waals surface area contributed by atoms with Gasteiger partial charge in [0.2, 0.25) is 5.91 Å². The molecular weight excluding hydrogens is 394 g/mol. The average Bonchev–Trinajstić information content (AvgIpc) is 2.78. The van der Waals surface area contributed by atoms with Crippen LogP contribution in [0.2, 0.25) is 0 Å². The molecular formula is C25H27NO5. The highest BCUT2D eigenvalue weighted by Gasteiger charge is 2.38. The zero-order chi connectivity index (χ0) is 22.0. The molecule has 0 bridgehead atoms. The van der Waals surface area contributed by atoms with E-state index in [9.17, 15) is 9.59 Å². The van der Waals surface area contributed by atoms with Crippen molar-refractivity contribution in [2.75, 3.05) is 20.8 Å². The van der Waals surface area contributed by atoms with E-state index < -0.39 is 0 Å². The maximum atomic E-state index is 13.3. The fourth-order valence-corrected chi connectivity index (χ4v) is 4.59. The molecule has 2 aliphatic rings. The highest BCUT2D eigenvalue weighted by Crippen LogP contribution is 2.45. The van der Waals surface area contributed by atoms with E-state index in [0.717, 1.165) is 28.1 Å². The first-order valence-corrected chi connectivity index (χ1v) is 10.5. The summed E-state index contributed by atoms with van der Waals surface area (Å²) >= 11 is 0. The van der Waals surface area contributed by atoms with Crippen molar-refractivity contribution in [2.45, 2.75) is 38.0 Å². The first kappa shape index (κ1) is 21.0. The Balaban J connectivity index is 1.68. The van der Waals surface area contributed by atoms with Crippen molar-refractivity contribution in [2.24, 2.45) is 0 Å². The van der Waals surface area contributed by atoms with Crippen LogP contribution >= 0.6 is 0 Å². The van der Waals surface area contributed by atoms with Crippen molar-refractivity contribution in [1.29, 1.82) is 0 Å². The minimum Gasteiger partial charge on any atom is -0.497 e. The molecule has 0 radical (unpaired) electrons. The molecule has 2 aromatic rings. The van der Waals surface area contributed by atoms with E-state index in [1.54, 1.807) is 14.2 Å². The van der Waals surface area contributed by atoms with Gasteiger partial charge in [-0.2, -0.15) is 0 Å². The molecule has 6 nitrogen and oxygen atoms in total. The molecule has 4 rings (SSSR count). The SMILES string of the molecule is CCOc1ccc([C@@H]2CC(=O)NC3=C2C(=O)C[C@H](c2cc(OC)ccc2OC)C3)cc1. The van der Waals surface area contributed by atoms with Gasteiger partial charge < -0.3 is 19.5 Å². The highest BCUT2D eigenvalue weighted by molar-refractivity contribution is 6.02. The number of hydrogen-bond acceptors (Lipinski definition) is 5. The van der Waals surface area contributed by atoms with Crippen LogP contribution in [-0.4, -0.2) is 32.5 Å². The predicted octanol–water partition coefficient (Wildman–Crippen LogP) is 4.11. The van der Waals surface area contributed by atoms with Crippen molar-refractivity contribution >= 4 is 11.7 Å². The molecule has 1 aliphatic heterocycles. The summed E-state index contributed by atoms with van der Waals surface area (Å²) < 4.78 is 16.4. The number of benzene rings is 2. The van der Waals surface area contributed by atoms with Gasteiger partial charge in [-0.1, -0.05) is 12.1 Å². The van der Waals surface area contributed by atoms with E-state index in [1.165, 1.54) is 0 Å². The normalized spacial score (nSPS) is 20.7. The molecule has 2 aromatic carbocycles. The highest BCUT2D eigenvalue weighted by atomic mass is 16.5. The van der Waals surface area contributed by atoms with Gasteiger partial charge in [0.1, 0.15) is 17.2 Å². The zero-order valence-corrected chi connectivity index (χ0v) is 18.1. The molecule has 1 heterocycles. The third kappa shape index (κ3) is 4.15. The number of rotatable bonds is 6. The van der Waals surface area contributed by atoms with Crippen LogP contribution in [0.1, 0.15) is 49.1 Å². The number of Topliss-reactive ketones (excluding diaryl/α,β-unsaturated/α-hetero) is 1. The van der Waals surface area contributed by atoms with Gasteiger partial charge in [0.15, 0.2) is 5.78 Å². The molecule has 0 saturated carbocycles. The molecule has 1 N–H and O–H groups in total. The molecule has 0 fully saturated rings. The minimum atomic E-state index is -0.236. The second-order valence-corrected chi connectivity index (χ2v) is 7.84. The lowest BCUT2D eigenvalue weighted by Gasteiger charge is -2.35. The fraction of sp³-hybridized carbons (Fsp3) is 0.360. The number of hydrogen-bond donors (Lipinski definition) is 1. The number of amides is 1. The molecule has 1 aliphatic carbocycles. The summed E-state index contributed by atoms with van der Waals surface area (Å²) in [6.45, 7) is 2.53. The first-order chi connectivity index (χ1) is 15.0. The molecule has 0 saturated heterocycles. The Labute approximate surface area is 182 Å². The molecule has 6 heteroatoms. The summed E-state index contributed by atoms with van der Waals surface area (Å²) in [6, 6.07) is 13.3. The lowest BCUT2D eigenvalue weighted by atomic mass is 9.73. The largest absolute Gasteiger partial charge is 0.497 e. The number of ether oxygens (including phenoxy) is 3. The number of nitrogens with one attached hydrogen (secondary N) is 1. The topological polar surface area (TPSA) is 73.9 Å². The Kier molecular flexibility index (Phi) is 5.98. The number of allylic oxidation sites excluding steroid dienone is 2. The van der Waals surface area contributed by atoms with Crippen LogP contribution in [0, 0.1) is 0 Å². The Bertz CT molecular complexity index is 1020. The summed E-state index contributed by atoms with van der Waals surface area (Å²) in [5.74, 6) is 1.88. The molecule has 31 heavy (non-hydrogen) atoms. The lowest BCUT2D eigenvalue weighted by Crippen LogP contribution is -2.38. The van der Waals surface area contributed by atoms with Gasteiger partial charge in [-0.15, -0.1) is 0 Å². The predicted molar refractivity (Wildman–Crippen MR) is 117 cm³/mol. The Morgan fingerprint density at radius 1 is 0.935 bits per heavy atom.